The number of hydrogen-bond acceptors (Lipinski definition) is 2. The molecule has 1 amide bonds. The number of benzene rings is 1. The second kappa shape index (κ2) is 5.84. The van der Waals surface area contributed by atoms with Crippen molar-refractivity contribution in [2.45, 2.75) is 18.9 Å². The van der Waals surface area contributed by atoms with Gasteiger partial charge in [-0.05, 0) is 43.2 Å². The minimum atomic E-state index is 0.0260. The molecule has 2 heterocycles. The van der Waals surface area contributed by atoms with Crippen LogP contribution in [0.25, 0.3) is 0 Å². The van der Waals surface area contributed by atoms with Gasteiger partial charge in [0.2, 0.25) is 0 Å². The maximum Gasteiger partial charge on any atom is 0.253 e. The minimum absolute atomic E-state index is 0.0260. The lowest BCUT2D eigenvalue weighted by Crippen LogP contribution is -2.38. The van der Waals surface area contributed by atoms with E-state index in [-0.39, 0.29) is 5.91 Å². The molecule has 1 aromatic heterocycles. The van der Waals surface area contributed by atoms with Crippen LogP contribution in [-0.4, -0.2) is 28.5 Å². The standard InChI is InChI=1S/C17H17N3O/c18-13-14-4-3-5-15(12-14)17(21)20-10-6-16(7-11-20)19-8-1-2-9-19/h1-5,8-9,12,16H,6-7,10-11H2. The largest absolute Gasteiger partial charge is 0.351 e. The molecule has 0 N–H and O–H groups in total. The van der Waals surface area contributed by atoms with Gasteiger partial charge in [0.25, 0.3) is 5.91 Å². The first-order valence-electron chi connectivity index (χ1n) is 7.20. The van der Waals surface area contributed by atoms with Crippen LogP contribution in [0.3, 0.4) is 0 Å². The van der Waals surface area contributed by atoms with Gasteiger partial charge in [0.1, 0.15) is 0 Å². The lowest BCUT2D eigenvalue weighted by atomic mass is 10.0. The second-order valence-electron chi connectivity index (χ2n) is 5.35. The summed E-state index contributed by atoms with van der Waals surface area (Å²) in [5, 5.41) is 8.92. The summed E-state index contributed by atoms with van der Waals surface area (Å²) < 4.78 is 2.22. The van der Waals surface area contributed by atoms with Crippen LogP contribution < -0.4 is 0 Å². The summed E-state index contributed by atoms with van der Waals surface area (Å²) in [6.45, 7) is 1.52. The monoisotopic (exact) mass is 279 g/mol. The Labute approximate surface area is 124 Å². The third kappa shape index (κ3) is 2.82. The van der Waals surface area contributed by atoms with Gasteiger partial charge in [-0.3, -0.25) is 4.79 Å². The molecular weight excluding hydrogens is 262 g/mol. The summed E-state index contributed by atoms with van der Waals surface area (Å²) in [6.07, 6.45) is 6.10. The van der Waals surface area contributed by atoms with Crippen molar-refractivity contribution < 1.29 is 4.79 Å². The maximum atomic E-state index is 12.5. The first kappa shape index (κ1) is 13.4. The molecule has 1 saturated heterocycles. The van der Waals surface area contributed by atoms with Gasteiger partial charge in [-0.1, -0.05) is 6.07 Å². The predicted octanol–water partition coefficient (Wildman–Crippen LogP) is 2.84. The number of hydrogen-bond donors (Lipinski definition) is 0. The first-order valence-corrected chi connectivity index (χ1v) is 7.20. The summed E-state index contributed by atoms with van der Waals surface area (Å²) in [7, 11) is 0. The number of likely N-dealkylation sites (tertiary alicyclic amines) is 1. The van der Waals surface area contributed by atoms with Crippen LogP contribution in [0.4, 0.5) is 0 Å². The van der Waals surface area contributed by atoms with E-state index in [0.717, 1.165) is 25.9 Å². The molecule has 2 aromatic rings. The van der Waals surface area contributed by atoms with Crippen LogP contribution in [-0.2, 0) is 0 Å². The Hall–Kier alpha value is -2.54. The maximum absolute atomic E-state index is 12.5. The van der Waals surface area contributed by atoms with Gasteiger partial charge in [-0.2, -0.15) is 5.26 Å². The number of amides is 1. The molecule has 21 heavy (non-hydrogen) atoms. The molecule has 0 atom stereocenters. The molecule has 3 rings (SSSR count). The summed E-state index contributed by atoms with van der Waals surface area (Å²) in [5.74, 6) is 0.0260. The zero-order chi connectivity index (χ0) is 14.7. The summed E-state index contributed by atoms with van der Waals surface area (Å²) in [6, 6.07) is 13.5. The van der Waals surface area contributed by atoms with E-state index < -0.39 is 0 Å². The molecule has 4 nitrogen and oxygen atoms in total. The molecule has 0 radical (unpaired) electrons. The third-order valence-electron chi connectivity index (χ3n) is 4.04. The zero-order valence-corrected chi connectivity index (χ0v) is 11.8. The van der Waals surface area contributed by atoms with Crippen molar-refractivity contribution in [3.63, 3.8) is 0 Å². The third-order valence-corrected chi connectivity index (χ3v) is 4.04. The van der Waals surface area contributed by atoms with E-state index in [1.807, 2.05) is 17.0 Å². The summed E-state index contributed by atoms with van der Waals surface area (Å²) >= 11 is 0. The van der Waals surface area contributed by atoms with E-state index in [9.17, 15) is 4.79 Å². The van der Waals surface area contributed by atoms with Crippen molar-refractivity contribution in [2.75, 3.05) is 13.1 Å². The Morgan fingerprint density at radius 1 is 1.14 bits per heavy atom. The molecule has 0 saturated carbocycles. The fraction of sp³-hybridized carbons (Fsp3) is 0.294. The van der Waals surface area contributed by atoms with Crippen molar-refractivity contribution in [3.8, 4) is 6.07 Å². The molecule has 0 bridgehead atoms. The molecular formula is C17H17N3O. The van der Waals surface area contributed by atoms with Gasteiger partial charge in [-0.15, -0.1) is 0 Å². The number of carbonyl (C=O) groups excluding carboxylic acids is 1. The van der Waals surface area contributed by atoms with Crippen molar-refractivity contribution in [2.24, 2.45) is 0 Å². The van der Waals surface area contributed by atoms with Crippen LogP contribution in [0.15, 0.2) is 48.8 Å². The summed E-state index contributed by atoms with van der Waals surface area (Å²) in [5.41, 5.74) is 1.14. The van der Waals surface area contributed by atoms with Gasteiger partial charge in [0.15, 0.2) is 0 Å². The Morgan fingerprint density at radius 3 is 2.52 bits per heavy atom. The highest BCUT2D eigenvalue weighted by Crippen LogP contribution is 2.23. The van der Waals surface area contributed by atoms with Crippen LogP contribution in [0.5, 0.6) is 0 Å². The molecule has 1 aromatic carbocycles. The van der Waals surface area contributed by atoms with Crippen molar-refractivity contribution in [1.82, 2.24) is 9.47 Å². The molecule has 106 valence electrons. The Morgan fingerprint density at radius 2 is 1.86 bits per heavy atom. The molecule has 0 unspecified atom stereocenters. The molecule has 1 fully saturated rings. The van der Waals surface area contributed by atoms with E-state index in [4.69, 9.17) is 5.26 Å². The Bertz CT molecular complexity index is 662. The number of nitriles is 1. The van der Waals surface area contributed by atoms with E-state index >= 15 is 0 Å². The van der Waals surface area contributed by atoms with Crippen molar-refractivity contribution in [3.05, 3.63) is 59.9 Å². The fourth-order valence-electron chi connectivity index (χ4n) is 2.86. The van der Waals surface area contributed by atoms with Gasteiger partial charge in [0.05, 0.1) is 11.6 Å². The number of aromatic nitrogens is 1. The van der Waals surface area contributed by atoms with Crippen LogP contribution >= 0.6 is 0 Å². The lowest BCUT2D eigenvalue weighted by molar-refractivity contribution is 0.0694. The number of carbonyl (C=O) groups is 1. The highest BCUT2D eigenvalue weighted by Gasteiger charge is 2.24. The second-order valence-corrected chi connectivity index (χ2v) is 5.35. The first-order chi connectivity index (χ1) is 10.3. The van der Waals surface area contributed by atoms with E-state index in [2.05, 4.69) is 23.0 Å². The molecule has 0 aliphatic carbocycles. The van der Waals surface area contributed by atoms with Crippen molar-refractivity contribution in [1.29, 1.82) is 5.26 Å². The SMILES string of the molecule is N#Cc1cccc(C(=O)N2CCC(n3cccc3)CC2)c1. The zero-order valence-electron chi connectivity index (χ0n) is 11.8. The van der Waals surface area contributed by atoms with Crippen LogP contribution in [0, 0.1) is 11.3 Å². The number of nitrogens with zero attached hydrogens (tertiary/aromatic N) is 3. The highest BCUT2D eigenvalue weighted by atomic mass is 16.2. The molecule has 4 heteroatoms. The van der Waals surface area contributed by atoms with Crippen LogP contribution in [0.1, 0.15) is 34.8 Å². The number of rotatable bonds is 2. The minimum Gasteiger partial charge on any atom is -0.351 e. The average molecular weight is 279 g/mol. The quantitative estimate of drug-likeness (QED) is 0.848. The van der Waals surface area contributed by atoms with Gasteiger partial charge < -0.3 is 9.47 Å². The summed E-state index contributed by atoms with van der Waals surface area (Å²) in [4.78, 5) is 14.4. The highest BCUT2D eigenvalue weighted by molar-refractivity contribution is 5.94. The number of piperidine rings is 1. The Balaban J connectivity index is 1.66. The van der Waals surface area contributed by atoms with E-state index in [1.165, 1.54) is 0 Å². The predicted molar refractivity (Wildman–Crippen MR) is 79.8 cm³/mol. The van der Waals surface area contributed by atoms with E-state index in [1.54, 1.807) is 24.3 Å². The topological polar surface area (TPSA) is 49.0 Å². The average Bonchev–Trinajstić information content (AvgIpc) is 3.09. The van der Waals surface area contributed by atoms with Crippen molar-refractivity contribution >= 4 is 5.91 Å². The van der Waals surface area contributed by atoms with Gasteiger partial charge in [0, 0.05) is 37.1 Å². The fourth-order valence-corrected chi connectivity index (χ4v) is 2.86. The van der Waals surface area contributed by atoms with E-state index in [0.29, 0.717) is 17.2 Å². The molecule has 1 aliphatic heterocycles. The van der Waals surface area contributed by atoms with Gasteiger partial charge >= 0.3 is 0 Å². The smallest absolute Gasteiger partial charge is 0.253 e. The lowest BCUT2D eigenvalue weighted by Gasteiger charge is -2.32. The molecule has 0 spiro atoms. The van der Waals surface area contributed by atoms with Gasteiger partial charge in [-0.25, -0.2) is 0 Å². The van der Waals surface area contributed by atoms with Crippen LogP contribution in [0.2, 0.25) is 0 Å². The Kier molecular flexibility index (Phi) is 3.74. The normalized spacial score (nSPS) is 15.7. The molecule has 1 aliphatic rings.